The zero-order valence-electron chi connectivity index (χ0n) is 11.1. The van der Waals surface area contributed by atoms with E-state index >= 15 is 0 Å². The van der Waals surface area contributed by atoms with Crippen LogP contribution in [0.4, 0.5) is 4.79 Å². The smallest absolute Gasteiger partial charge is 0.326 e. The van der Waals surface area contributed by atoms with Gasteiger partial charge in [-0.25, -0.2) is 9.59 Å². The molecule has 1 fully saturated rings. The number of amides is 3. The average Bonchev–Trinajstić information content (AvgIpc) is 3.12. The molecule has 1 rings (SSSR count). The molecule has 7 heteroatoms. The van der Waals surface area contributed by atoms with E-state index in [1.807, 2.05) is 6.92 Å². The van der Waals surface area contributed by atoms with Crippen molar-refractivity contribution in [2.75, 3.05) is 6.54 Å². The van der Waals surface area contributed by atoms with Crippen molar-refractivity contribution in [2.24, 2.45) is 0 Å². The second-order valence-electron chi connectivity index (χ2n) is 4.67. The van der Waals surface area contributed by atoms with Crippen LogP contribution in [-0.4, -0.2) is 41.6 Å². The maximum atomic E-state index is 11.4. The van der Waals surface area contributed by atoms with E-state index in [2.05, 4.69) is 16.0 Å². The molecule has 0 aliphatic heterocycles. The predicted octanol–water partition coefficient (Wildman–Crippen LogP) is 0.208. The van der Waals surface area contributed by atoms with Crippen molar-refractivity contribution in [2.45, 2.75) is 51.1 Å². The highest BCUT2D eigenvalue weighted by molar-refractivity contribution is 5.83. The Balaban J connectivity index is 2.14. The van der Waals surface area contributed by atoms with E-state index in [1.165, 1.54) is 0 Å². The van der Waals surface area contributed by atoms with Crippen LogP contribution in [0.3, 0.4) is 0 Å². The van der Waals surface area contributed by atoms with Crippen LogP contribution >= 0.6 is 0 Å². The fourth-order valence-corrected chi connectivity index (χ4v) is 1.57. The van der Waals surface area contributed by atoms with Crippen molar-refractivity contribution in [3.63, 3.8) is 0 Å². The third-order valence-electron chi connectivity index (χ3n) is 2.76. The number of carbonyl (C=O) groups excluding carboxylic acids is 2. The Hall–Kier alpha value is -1.79. The number of aliphatic carboxylic acids is 1. The van der Waals surface area contributed by atoms with Crippen molar-refractivity contribution in [3.05, 3.63) is 0 Å². The fraction of sp³-hybridized carbons (Fsp3) is 0.750. The first kappa shape index (κ1) is 15.3. The van der Waals surface area contributed by atoms with Gasteiger partial charge in [-0.2, -0.15) is 0 Å². The van der Waals surface area contributed by atoms with Crippen molar-refractivity contribution in [1.29, 1.82) is 0 Å². The van der Waals surface area contributed by atoms with Crippen LogP contribution in [0, 0.1) is 0 Å². The molecule has 1 aliphatic rings. The standard InChI is InChI=1S/C12H21N3O4/c1-2-3-9(11(17)18)15-12(19)13-7-6-10(16)14-8-4-5-8/h8-9H,2-7H2,1H3,(H,14,16)(H,17,18)(H2,13,15,19)/t9-/m1/s1. The van der Waals surface area contributed by atoms with E-state index < -0.39 is 18.0 Å². The maximum Gasteiger partial charge on any atom is 0.326 e. The van der Waals surface area contributed by atoms with E-state index in [0.717, 1.165) is 12.8 Å². The number of carboxylic acids is 1. The van der Waals surface area contributed by atoms with Crippen molar-refractivity contribution in [3.8, 4) is 0 Å². The van der Waals surface area contributed by atoms with Gasteiger partial charge in [-0.1, -0.05) is 13.3 Å². The lowest BCUT2D eigenvalue weighted by molar-refractivity contribution is -0.139. The summed E-state index contributed by atoms with van der Waals surface area (Å²) < 4.78 is 0. The van der Waals surface area contributed by atoms with Crippen LogP contribution in [0.5, 0.6) is 0 Å². The van der Waals surface area contributed by atoms with Gasteiger partial charge in [-0.3, -0.25) is 4.79 Å². The molecule has 19 heavy (non-hydrogen) atoms. The van der Waals surface area contributed by atoms with Crippen LogP contribution in [0.2, 0.25) is 0 Å². The van der Waals surface area contributed by atoms with Crippen LogP contribution in [0.15, 0.2) is 0 Å². The first-order chi connectivity index (χ1) is 9.02. The molecular formula is C12H21N3O4. The molecule has 4 N–H and O–H groups in total. The minimum Gasteiger partial charge on any atom is -0.480 e. The quantitative estimate of drug-likeness (QED) is 0.506. The second-order valence-corrected chi connectivity index (χ2v) is 4.67. The second kappa shape index (κ2) is 7.60. The lowest BCUT2D eigenvalue weighted by Crippen LogP contribution is -2.46. The summed E-state index contributed by atoms with van der Waals surface area (Å²) in [6.45, 7) is 2.04. The van der Waals surface area contributed by atoms with E-state index in [1.54, 1.807) is 0 Å². The van der Waals surface area contributed by atoms with Gasteiger partial charge in [0.25, 0.3) is 0 Å². The summed E-state index contributed by atoms with van der Waals surface area (Å²) in [6, 6.07) is -1.13. The Morgan fingerprint density at radius 1 is 1.32 bits per heavy atom. The number of urea groups is 1. The summed E-state index contributed by atoms with van der Waals surface area (Å²) in [5.74, 6) is -1.14. The zero-order valence-corrected chi connectivity index (χ0v) is 11.1. The van der Waals surface area contributed by atoms with E-state index in [9.17, 15) is 14.4 Å². The molecule has 0 radical (unpaired) electrons. The number of rotatable bonds is 8. The van der Waals surface area contributed by atoms with Crippen LogP contribution < -0.4 is 16.0 Å². The highest BCUT2D eigenvalue weighted by atomic mass is 16.4. The maximum absolute atomic E-state index is 11.4. The molecule has 0 aromatic rings. The van der Waals surface area contributed by atoms with Gasteiger partial charge in [0, 0.05) is 19.0 Å². The molecular weight excluding hydrogens is 250 g/mol. The molecule has 0 aromatic carbocycles. The zero-order chi connectivity index (χ0) is 14.3. The number of hydrogen-bond acceptors (Lipinski definition) is 3. The van der Waals surface area contributed by atoms with Gasteiger partial charge in [-0.05, 0) is 19.3 Å². The van der Waals surface area contributed by atoms with Gasteiger partial charge in [-0.15, -0.1) is 0 Å². The molecule has 7 nitrogen and oxygen atoms in total. The SMILES string of the molecule is CCC[C@@H](NC(=O)NCCC(=O)NC1CC1)C(=O)O. The lowest BCUT2D eigenvalue weighted by Gasteiger charge is -2.14. The molecule has 108 valence electrons. The summed E-state index contributed by atoms with van der Waals surface area (Å²) in [6.07, 6.45) is 3.30. The van der Waals surface area contributed by atoms with Gasteiger partial charge in [0.15, 0.2) is 0 Å². The molecule has 1 atom stereocenters. The van der Waals surface area contributed by atoms with Crippen LogP contribution in [0.25, 0.3) is 0 Å². The Morgan fingerprint density at radius 3 is 2.53 bits per heavy atom. The largest absolute Gasteiger partial charge is 0.480 e. The minimum absolute atomic E-state index is 0.0915. The van der Waals surface area contributed by atoms with Gasteiger partial charge in [0.05, 0.1) is 0 Å². The lowest BCUT2D eigenvalue weighted by atomic mass is 10.2. The first-order valence-corrected chi connectivity index (χ1v) is 6.59. The monoisotopic (exact) mass is 271 g/mol. The number of hydrogen-bond donors (Lipinski definition) is 4. The summed E-state index contributed by atoms with van der Waals surface area (Å²) in [7, 11) is 0. The van der Waals surface area contributed by atoms with Gasteiger partial charge >= 0.3 is 12.0 Å². The molecule has 3 amide bonds. The van der Waals surface area contributed by atoms with Crippen LogP contribution in [0.1, 0.15) is 39.0 Å². The number of carboxylic acid groups (broad SMARTS) is 1. The van der Waals surface area contributed by atoms with Gasteiger partial charge in [0.1, 0.15) is 6.04 Å². The Morgan fingerprint density at radius 2 is 2.00 bits per heavy atom. The third-order valence-corrected chi connectivity index (χ3v) is 2.76. The average molecular weight is 271 g/mol. The molecule has 0 spiro atoms. The summed E-state index contributed by atoms with van der Waals surface area (Å²) in [5, 5.41) is 16.5. The number of carbonyl (C=O) groups is 3. The van der Waals surface area contributed by atoms with Crippen molar-refractivity contribution in [1.82, 2.24) is 16.0 Å². The molecule has 0 saturated heterocycles. The highest BCUT2D eigenvalue weighted by Gasteiger charge is 2.23. The molecule has 0 aromatic heterocycles. The molecule has 0 heterocycles. The fourth-order valence-electron chi connectivity index (χ4n) is 1.57. The summed E-state index contributed by atoms with van der Waals surface area (Å²) in [5.41, 5.74) is 0. The predicted molar refractivity (Wildman–Crippen MR) is 68.6 cm³/mol. The molecule has 0 unspecified atom stereocenters. The summed E-state index contributed by atoms with van der Waals surface area (Å²) >= 11 is 0. The van der Waals surface area contributed by atoms with E-state index in [4.69, 9.17) is 5.11 Å². The molecule has 0 bridgehead atoms. The topological polar surface area (TPSA) is 108 Å². The first-order valence-electron chi connectivity index (χ1n) is 6.59. The van der Waals surface area contributed by atoms with Gasteiger partial charge in [0.2, 0.25) is 5.91 Å². The Kier molecular flexibility index (Phi) is 6.11. The normalized spacial score (nSPS) is 15.4. The van der Waals surface area contributed by atoms with E-state index in [-0.39, 0.29) is 18.9 Å². The van der Waals surface area contributed by atoms with Crippen molar-refractivity contribution < 1.29 is 19.5 Å². The van der Waals surface area contributed by atoms with Gasteiger partial charge < -0.3 is 21.1 Å². The van der Waals surface area contributed by atoms with Crippen LogP contribution in [-0.2, 0) is 9.59 Å². The molecule has 1 saturated carbocycles. The molecule has 1 aliphatic carbocycles. The van der Waals surface area contributed by atoms with Crippen molar-refractivity contribution >= 4 is 17.9 Å². The van der Waals surface area contributed by atoms with E-state index in [0.29, 0.717) is 18.9 Å². The third kappa shape index (κ3) is 6.64. The minimum atomic E-state index is -1.05. The number of nitrogens with one attached hydrogen (secondary N) is 3. The Labute approximate surface area is 112 Å². The Bertz CT molecular complexity index is 342. The highest BCUT2D eigenvalue weighted by Crippen LogP contribution is 2.18. The summed E-state index contributed by atoms with van der Waals surface area (Å²) in [4.78, 5) is 33.6.